The van der Waals surface area contributed by atoms with Crippen LogP contribution in [0.5, 0.6) is 0 Å². The lowest BCUT2D eigenvalue weighted by Gasteiger charge is -2.74. The van der Waals surface area contributed by atoms with Crippen LogP contribution in [0.25, 0.3) is 0 Å². The number of nitrogens with two attached hydrogens (primary N) is 1. The third-order valence-corrected chi connectivity index (χ3v) is 6.75. The van der Waals surface area contributed by atoms with Gasteiger partial charge in [-0.1, -0.05) is 0 Å². The monoisotopic (exact) mass is 295 g/mol. The van der Waals surface area contributed by atoms with Crippen molar-refractivity contribution in [1.82, 2.24) is 0 Å². The number of esters is 1. The Bertz CT molecular complexity index is 508. The highest BCUT2D eigenvalue weighted by Crippen LogP contribution is 2.87. The quantitative estimate of drug-likeness (QED) is 0.596. The van der Waals surface area contributed by atoms with E-state index in [4.69, 9.17) is 15.4 Å². The molecule has 116 valence electrons. The van der Waals surface area contributed by atoms with E-state index in [-0.39, 0.29) is 24.1 Å². The van der Waals surface area contributed by atoms with Crippen molar-refractivity contribution in [2.24, 2.45) is 34.5 Å². The van der Waals surface area contributed by atoms with Gasteiger partial charge in [0.2, 0.25) is 0 Å². The maximum absolute atomic E-state index is 11.2. The number of fused-ring (bicyclic) bond motifs is 1. The van der Waals surface area contributed by atoms with Gasteiger partial charge >= 0.3 is 11.9 Å². The summed E-state index contributed by atoms with van der Waals surface area (Å²) in [5.41, 5.74) is 0.500. The number of rotatable bonds is 5. The summed E-state index contributed by atoms with van der Waals surface area (Å²) < 4.78 is 11.1. The first-order chi connectivity index (χ1) is 10.0. The van der Waals surface area contributed by atoms with E-state index in [0.717, 1.165) is 18.8 Å². The molecule has 0 aliphatic heterocycles. The predicted octanol–water partition coefficient (Wildman–Crippen LogP) is 0.788. The second-order valence-corrected chi connectivity index (χ2v) is 7.28. The third-order valence-electron chi connectivity index (χ3n) is 6.75. The molecule has 6 unspecified atom stereocenters. The lowest BCUT2D eigenvalue weighted by atomic mass is 9.30. The summed E-state index contributed by atoms with van der Waals surface area (Å²) in [6.45, 7) is 1.96. The van der Waals surface area contributed by atoms with Crippen molar-refractivity contribution >= 4 is 11.9 Å². The molecule has 6 nitrogen and oxygen atoms in total. The number of carbonyl (C=O) groups excluding carboxylic acids is 2. The average molecular weight is 295 g/mol. The molecular formula is C15H21NO5. The molecule has 0 heterocycles. The minimum absolute atomic E-state index is 0.0636. The summed E-state index contributed by atoms with van der Waals surface area (Å²) in [6.07, 6.45) is 4.72. The Balaban J connectivity index is 1.45. The van der Waals surface area contributed by atoms with Crippen LogP contribution >= 0.6 is 0 Å². The van der Waals surface area contributed by atoms with Gasteiger partial charge in [-0.3, -0.25) is 4.79 Å². The SMILES string of the molecule is CC(=O)OCC12CC3CC4CC31C(C2)C4OCC(=O)ON. The van der Waals surface area contributed by atoms with Crippen molar-refractivity contribution in [1.29, 1.82) is 0 Å². The Hall–Kier alpha value is -1.14. The molecule has 2 bridgehead atoms. The minimum Gasteiger partial charge on any atom is -0.465 e. The molecule has 4 fully saturated rings. The first-order valence-electron chi connectivity index (χ1n) is 7.67. The smallest absolute Gasteiger partial charge is 0.350 e. The number of hydrogen-bond acceptors (Lipinski definition) is 6. The van der Waals surface area contributed by atoms with Crippen LogP contribution in [0.4, 0.5) is 0 Å². The summed E-state index contributed by atoms with van der Waals surface area (Å²) in [6, 6.07) is 0. The van der Waals surface area contributed by atoms with Crippen molar-refractivity contribution in [2.45, 2.75) is 38.7 Å². The lowest BCUT2D eigenvalue weighted by molar-refractivity contribution is -0.299. The van der Waals surface area contributed by atoms with Crippen LogP contribution in [0.2, 0.25) is 0 Å². The Kier molecular flexibility index (Phi) is 2.70. The van der Waals surface area contributed by atoms with Gasteiger partial charge in [0.1, 0.15) is 6.61 Å². The molecule has 4 aliphatic carbocycles. The largest absolute Gasteiger partial charge is 0.465 e. The standard InChI is InChI=1S/C15H21NO5/c1-8(17)20-7-14-4-10-2-9-3-15(10,14)11(5-14)13(9)19-6-12(18)21-16/h9-11,13H,2-7,16H2,1H3. The number of carbonyl (C=O) groups is 2. The molecule has 2 N–H and O–H groups in total. The minimum atomic E-state index is -0.522. The van der Waals surface area contributed by atoms with Crippen LogP contribution in [0, 0.1) is 28.6 Å². The molecule has 0 aromatic rings. The second kappa shape index (κ2) is 4.20. The number of hydrogen-bond donors (Lipinski definition) is 1. The molecular weight excluding hydrogens is 274 g/mol. The summed E-state index contributed by atoms with van der Waals surface area (Å²) in [5.74, 6) is 5.94. The molecule has 0 radical (unpaired) electrons. The van der Waals surface area contributed by atoms with Crippen molar-refractivity contribution in [3.05, 3.63) is 0 Å². The summed E-state index contributed by atoms with van der Waals surface area (Å²) in [5, 5.41) is 0. The fraction of sp³-hybridized carbons (Fsp3) is 0.867. The second-order valence-electron chi connectivity index (χ2n) is 7.28. The van der Waals surface area contributed by atoms with Crippen LogP contribution in [0.3, 0.4) is 0 Å². The van der Waals surface area contributed by atoms with Crippen LogP contribution in [0.1, 0.15) is 32.6 Å². The maximum atomic E-state index is 11.2. The first kappa shape index (κ1) is 13.5. The topological polar surface area (TPSA) is 87.8 Å². The van der Waals surface area contributed by atoms with Crippen molar-refractivity contribution < 1.29 is 23.9 Å². The Morgan fingerprint density at radius 1 is 1.29 bits per heavy atom. The summed E-state index contributed by atoms with van der Waals surface area (Å²) in [4.78, 5) is 26.4. The van der Waals surface area contributed by atoms with E-state index >= 15 is 0 Å². The van der Waals surface area contributed by atoms with Crippen LogP contribution in [-0.4, -0.2) is 31.3 Å². The fourth-order valence-corrected chi connectivity index (χ4v) is 6.23. The van der Waals surface area contributed by atoms with Gasteiger partial charge in [0.05, 0.1) is 12.7 Å². The van der Waals surface area contributed by atoms with Gasteiger partial charge < -0.3 is 14.3 Å². The molecule has 0 aromatic carbocycles. The van der Waals surface area contributed by atoms with E-state index in [2.05, 4.69) is 4.84 Å². The first-order valence-corrected chi connectivity index (χ1v) is 7.67. The van der Waals surface area contributed by atoms with Crippen molar-refractivity contribution in [3.63, 3.8) is 0 Å². The number of ether oxygens (including phenoxy) is 2. The van der Waals surface area contributed by atoms with Gasteiger partial charge in [-0.2, -0.15) is 5.90 Å². The van der Waals surface area contributed by atoms with Crippen LogP contribution in [-0.2, 0) is 23.9 Å². The average Bonchev–Trinajstić information content (AvgIpc) is 2.93. The molecule has 4 saturated carbocycles. The van der Waals surface area contributed by atoms with Crippen molar-refractivity contribution in [2.75, 3.05) is 13.2 Å². The molecule has 4 rings (SSSR count). The molecule has 0 saturated heterocycles. The zero-order valence-electron chi connectivity index (χ0n) is 12.2. The van der Waals surface area contributed by atoms with Crippen molar-refractivity contribution in [3.8, 4) is 0 Å². The lowest BCUT2D eigenvalue weighted by Crippen LogP contribution is -2.72. The highest BCUT2D eigenvalue weighted by Gasteiger charge is 2.83. The predicted molar refractivity (Wildman–Crippen MR) is 70.5 cm³/mol. The zero-order valence-corrected chi connectivity index (χ0v) is 12.2. The molecule has 0 amide bonds. The molecule has 4 aliphatic rings. The molecule has 6 atom stereocenters. The Morgan fingerprint density at radius 3 is 2.81 bits per heavy atom. The fourth-order valence-electron chi connectivity index (χ4n) is 6.23. The highest BCUT2D eigenvalue weighted by atomic mass is 16.7. The van der Waals surface area contributed by atoms with Crippen LogP contribution < -0.4 is 5.90 Å². The van der Waals surface area contributed by atoms with E-state index in [1.807, 2.05) is 0 Å². The van der Waals surface area contributed by atoms with Gasteiger partial charge in [-0.25, -0.2) is 4.79 Å². The van der Waals surface area contributed by atoms with Gasteiger partial charge in [0, 0.05) is 12.3 Å². The summed E-state index contributed by atoms with van der Waals surface area (Å²) >= 11 is 0. The van der Waals surface area contributed by atoms with Gasteiger partial charge in [-0.05, 0) is 48.9 Å². The molecule has 1 spiro atoms. The van der Waals surface area contributed by atoms with E-state index in [0.29, 0.717) is 23.9 Å². The molecule has 6 heteroatoms. The highest BCUT2D eigenvalue weighted by molar-refractivity contribution is 5.70. The Labute approximate surface area is 123 Å². The Morgan fingerprint density at radius 2 is 2.10 bits per heavy atom. The van der Waals surface area contributed by atoms with E-state index in [1.54, 1.807) is 0 Å². The van der Waals surface area contributed by atoms with Gasteiger partial charge in [0.25, 0.3) is 0 Å². The van der Waals surface area contributed by atoms with Gasteiger partial charge in [0.15, 0.2) is 0 Å². The van der Waals surface area contributed by atoms with Crippen LogP contribution in [0.15, 0.2) is 0 Å². The summed E-state index contributed by atoms with van der Waals surface area (Å²) in [7, 11) is 0. The van der Waals surface area contributed by atoms with E-state index in [9.17, 15) is 9.59 Å². The zero-order chi connectivity index (χ0) is 14.8. The molecule has 0 aromatic heterocycles. The maximum Gasteiger partial charge on any atom is 0.350 e. The normalized spacial score (nSPS) is 48.1. The van der Waals surface area contributed by atoms with E-state index in [1.165, 1.54) is 19.8 Å². The third kappa shape index (κ3) is 1.50. The van der Waals surface area contributed by atoms with E-state index < -0.39 is 5.97 Å². The van der Waals surface area contributed by atoms with Gasteiger partial charge in [-0.15, -0.1) is 0 Å². The molecule has 21 heavy (non-hydrogen) atoms.